The number of nitrogens with zero attached hydrogens (tertiary/aromatic N) is 5. The summed E-state index contributed by atoms with van der Waals surface area (Å²) in [5.41, 5.74) is 7.21. The fraction of sp³-hybridized carbons (Fsp3) is 0.667. The van der Waals surface area contributed by atoms with E-state index in [0.29, 0.717) is 18.3 Å². The molecule has 1 amide bonds. The van der Waals surface area contributed by atoms with Gasteiger partial charge in [0.15, 0.2) is 5.69 Å². The summed E-state index contributed by atoms with van der Waals surface area (Å²) in [4.78, 5) is 14.9. The first-order valence-corrected chi connectivity index (χ1v) is 9.53. The zero-order valence-corrected chi connectivity index (χ0v) is 15.2. The van der Waals surface area contributed by atoms with E-state index < -0.39 is 0 Å². The molecular weight excluding hydrogens is 332 g/mol. The normalized spacial score (nSPS) is 26.8. The number of carbonyl (C=O) groups excluding carboxylic acids is 1. The maximum absolute atomic E-state index is 13.1. The van der Waals surface area contributed by atoms with Crippen molar-refractivity contribution in [2.45, 2.75) is 70.0 Å². The smallest absolute Gasteiger partial charge is 0.276 e. The number of amides is 1. The highest BCUT2D eigenvalue weighted by Gasteiger charge is 2.32. The predicted molar refractivity (Wildman–Crippen MR) is 94.4 cm³/mol. The van der Waals surface area contributed by atoms with Gasteiger partial charge in [-0.2, -0.15) is 0 Å². The van der Waals surface area contributed by atoms with E-state index in [-0.39, 0.29) is 18.0 Å². The Labute approximate surface area is 152 Å². The Kier molecular flexibility index (Phi) is 4.76. The lowest BCUT2D eigenvalue weighted by Crippen LogP contribution is -2.38. The van der Waals surface area contributed by atoms with Gasteiger partial charge >= 0.3 is 0 Å². The molecular formula is C18H26N6O2. The van der Waals surface area contributed by atoms with Gasteiger partial charge in [0.1, 0.15) is 11.5 Å². The molecule has 4 rings (SSSR count). The van der Waals surface area contributed by atoms with Gasteiger partial charge in [-0.3, -0.25) is 4.79 Å². The molecule has 1 atom stereocenters. The molecule has 2 N–H and O–H groups in total. The van der Waals surface area contributed by atoms with Crippen LogP contribution >= 0.6 is 0 Å². The van der Waals surface area contributed by atoms with Crippen molar-refractivity contribution in [2.24, 2.45) is 5.73 Å². The summed E-state index contributed by atoms with van der Waals surface area (Å²) in [7, 11) is 0. The Morgan fingerprint density at radius 2 is 2.04 bits per heavy atom. The van der Waals surface area contributed by atoms with Gasteiger partial charge in [-0.15, -0.1) is 5.10 Å². The second-order valence-electron chi connectivity index (χ2n) is 7.52. The van der Waals surface area contributed by atoms with Crippen molar-refractivity contribution in [3.8, 4) is 0 Å². The molecule has 2 fully saturated rings. The van der Waals surface area contributed by atoms with Gasteiger partial charge in [0.25, 0.3) is 5.91 Å². The van der Waals surface area contributed by atoms with Crippen molar-refractivity contribution in [3.05, 3.63) is 29.4 Å². The van der Waals surface area contributed by atoms with E-state index in [1.165, 1.54) is 0 Å². The minimum Gasteiger partial charge on any atom is -0.361 e. The maximum atomic E-state index is 13.1. The second kappa shape index (κ2) is 7.19. The molecule has 2 aliphatic rings. The van der Waals surface area contributed by atoms with Crippen LogP contribution in [0.5, 0.6) is 0 Å². The lowest BCUT2D eigenvalue weighted by molar-refractivity contribution is 0.0595. The first-order chi connectivity index (χ1) is 12.6. The number of likely N-dealkylation sites (tertiary alicyclic amines) is 1. The monoisotopic (exact) mass is 358 g/mol. The minimum absolute atomic E-state index is 0.0495. The number of hydrogen-bond donors (Lipinski definition) is 1. The molecule has 26 heavy (non-hydrogen) atoms. The molecule has 3 heterocycles. The molecule has 0 aromatic carbocycles. The average Bonchev–Trinajstić information content (AvgIpc) is 3.31. The van der Waals surface area contributed by atoms with Crippen LogP contribution in [0.4, 0.5) is 0 Å². The molecule has 2 aromatic heterocycles. The summed E-state index contributed by atoms with van der Waals surface area (Å²) in [6, 6.07) is 2.44. The van der Waals surface area contributed by atoms with Gasteiger partial charge in [-0.05, 0) is 51.9 Å². The van der Waals surface area contributed by atoms with E-state index >= 15 is 0 Å². The number of carbonyl (C=O) groups is 1. The highest BCUT2D eigenvalue weighted by molar-refractivity contribution is 5.92. The third-order valence-electron chi connectivity index (χ3n) is 5.60. The lowest BCUT2D eigenvalue weighted by atomic mass is 9.92. The van der Waals surface area contributed by atoms with E-state index in [1.807, 2.05) is 22.6 Å². The SMILES string of the molecule is Cc1cc([C@@H]2CCCCN2C(=O)c2cn(C3CCC(N)CC3)nn2)no1. The fourth-order valence-electron chi connectivity index (χ4n) is 4.09. The summed E-state index contributed by atoms with van der Waals surface area (Å²) >= 11 is 0. The van der Waals surface area contributed by atoms with Gasteiger partial charge in [-0.25, -0.2) is 4.68 Å². The number of aryl methyl sites for hydroxylation is 1. The van der Waals surface area contributed by atoms with Crippen molar-refractivity contribution in [3.63, 3.8) is 0 Å². The summed E-state index contributed by atoms with van der Waals surface area (Å²) in [6.45, 7) is 2.58. The molecule has 140 valence electrons. The molecule has 0 bridgehead atoms. The van der Waals surface area contributed by atoms with Crippen LogP contribution in [-0.4, -0.2) is 43.5 Å². The molecule has 8 nitrogen and oxygen atoms in total. The van der Waals surface area contributed by atoms with E-state index in [2.05, 4.69) is 15.5 Å². The lowest BCUT2D eigenvalue weighted by Gasteiger charge is -2.33. The van der Waals surface area contributed by atoms with Crippen molar-refractivity contribution in [1.82, 2.24) is 25.1 Å². The molecule has 1 saturated heterocycles. The number of aromatic nitrogens is 4. The van der Waals surface area contributed by atoms with Crippen LogP contribution in [0.1, 0.15) is 79.0 Å². The topological polar surface area (TPSA) is 103 Å². The van der Waals surface area contributed by atoms with Crippen LogP contribution < -0.4 is 5.73 Å². The van der Waals surface area contributed by atoms with Gasteiger partial charge in [0.05, 0.1) is 18.3 Å². The highest BCUT2D eigenvalue weighted by Crippen LogP contribution is 2.32. The first-order valence-electron chi connectivity index (χ1n) is 9.53. The van der Waals surface area contributed by atoms with Crippen LogP contribution in [0.15, 0.2) is 16.8 Å². The summed E-state index contributed by atoms with van der Waals surface area (Å²) in [5, 5.41) is 12.5. The maximum Gasteiger partial charge on any atom is 0.276 e. The average molecular weight is 358 g/mol. The van der Waals surface area contributed by atoms with E-state index in [4.69, 9.17) is 10.3 Å². The Bertz CT molecular complexity index is 761. The van der Waals surface area contributed by atoms with Gasteiger partial charge in [0, 0.05) is 18.7 Å². The summed E-state index contributed by atoms with van der Waals surface area (Å²) in [6.07, 6.45) is 8.73. The van der Waals surface area contributed by atoms with Crippen molar-refractivity contribution < 1.29 is 9.32 Å². The van der Waals surface area contributed by atoms with Gasteiger partial charge in [-0.1, -0.05) is 10.4 Å². The first kappa shape index (κ1) is 17.2. The van der Waals surface area contributed by atoms with Crippen molar-refractivity contribution in [1.29, 1.82) is 0 Å². The number of nitrogens with two attached hydrogens (primary N) is 1. The molecule has 0 radical (unpaired) electrons. The van der Waals surface area contributed by atoms with Gasteiger partial charge in [0.2, 0.25) is 0 Å². The van der Waals surface area contributed by atoms with Crippen LogP contribution in [-0.2, 0) is 0 Å². The Hall–Kier alpha value is -2.22. The zero-order valence-electron chi connectivity index (χ0n) is 15.2. The molecule has 0 spiro atoms. The Morgan fingerprint density at radius 3 is 2.77 bits per heavy atom. The van der Waals surface area contributed by atoms with Crippen LogP contribution in [0, 0.1) is 6.92 Å². The predicted octanol–water partition coefficient (Wildman–Crippen LogP) is 2.38. The van der Waals surface area contributed by atoms with Crippen LogP contribution in [0.3, 0.4) is 0 Å². The molecule has 0 unspecified atom stereocenters. The van der Waals surface area contributed by atoms with E-state index in [1.54, 1.807) is 6.20 Å². The Morgan fingerprint density at radius 1 is 1.23 bits per heavy atom. The molecule has 1 aliphatic heterocycles. The summed E-state index contributed by atoms with van der Waals surface area (Å²) < 4.78 is 7.06. The van der Waals surface area contributed by atoms with Crippen molar-refractivity contribution >= 4 is 5.91 Å². The largest absolute Gasteiger partial charge is 0.361 e. The number of piperidine rings is 1. The zero-order chi connectivity index (χ0) is 18.1. The molecule has 1 saturated carbocycles. The second-order valence-corrected chi connectivity index (χ2v) is 7.52. The Balaban J connectivity index is 1.51. The minimum atomic E-state index is -0.0749. The van der Waals surface area contributed by atoms with Crippen molar-refractivity contribution in [2.75, 3.05) is 6.54 Å². The van der Waals surface area contributed by atoms with Crippen LogP contribution in [0.2, 0.25) is 0 Å². The third-order valence-corrected chi connectivity index (χ3v) is 5.60. The number of rotatable bonds is 3. The highest BCUT2D eigenvalue weighted by atomic mass is 16.5. The fourth-order valence-corrected chi connectivity index (χ4v) is 4.09. The molecule has 1 aliphatic carbocycles. The van der Waals surface area contributed by atoms with Crippen LogP contribution in [0.25, 0.3) is 0 Å². The number of hydrogen-bond acceptors (Lipinski definition) is 6. The third kappa shape index (κ3) is 3.38. The van der Waals surface area contributed by atoms with E-state index in [0.717, 1.165) is 56.4 Å². The van der Waals surface area contributed by atoms with Gasteiger partial charge < -0.3 is 15.2 Å². The summed E-state index contributed by atoms with van der Waals surface area (Å²) in [5.74, 6) is 0.688. The molecule has 8 heteroatoms. The standard InChI is InChI=1S/C18H26N6O2/c1-12-10-15(21-26-12)17-4-2-3-9-23(17)18(25)16-11-24(22-20-16)14-7-5-13(19)6-8-14/h10-11,13-14,17H,2-9,19H2,1H3/t13?,14?,17-/m0/s1. The quantitative estimate of drug-likeness (QED) is 0.903. The van der Waals surface area contributed by atoms with E-state index in [9.17, 15) is 4.79 Å². The molecule has 2 aromatic rings.